The molecule has 226 valence electrons. The van der Waals surface area contributed by atoms with Gasteiger partial charge in [-0.05, 0) is 44.7 Å². The highest BCUT2D eigenvalue weighted by molar-refractivity contribution is 6.24. The number of carbonyl (C=O) groups is 4. The Labute approximate surface area is 239 Å². The molecule has 1 heterocycles. The molecule has 1 aliphatic heterocycles. The molecular weight excluding hydrogens is 555 g/mol. The van der Waals surface area contributed by atoms with Crippen molar-refractivity contribution < 1.29 is 48.7 Å². The van der Waals surface area contributed by atoms with Crippen molar-refractivity contribution in [3.05, 3.63) is 39.9 Å². The van der Waals surface area contributed by atoms with Gasteiger partial charge in [-0.3, -0.25) is 24.1 Å². The van der Waals surface area contributed by atoms with Gasteiger partial charge in [0.25, 0.3) is 5.91 Å². The summed E-state index contributed by atoms with van der Waals surface area (Å²) >= 11 is 0. The number of hydrogen-bond donors (Lipinski definition) is 7. The van der Waals surface area contributed by atoms with E-state index in [1.54, 1.807) is 0 Å². The number of phenolic OH excluding ortho intramolecular Hbond substituents is 1. The van der Waals surface area contributed by atoms with Crippen molar-refractivity contribution in [2.24, 2.45) is 17.6 Å². The number of aliphatic hydroxyl groups excluding tert-OH is 2. The molecule has 14 heteroatoms. The Balaban J connectivity index is 1.56. The normalized spacial score (nSPS) is 27.5. The van der Waals surface area contributed by atoms with Gasteiger partial charge in [0.05, 0.1) is 30.4 Å². The molecule has 2 fully saturated rings. The van der Waals surface area contributed by atoms with Crippen LogP contribution in [0.5, 0.6) is 5.75 Å². The van der Waals surface area contributed by atoms with Crippen LogP contribution in [-0.4, -0.2) is 100 Å². The monoisotopic (exact) mass is 588 g/mol. The van der Waals surface area contributed by atoms with Gasteiger partial charge in [0.1, 0.15) is 22.9 Å². The number of aromatic hydroxyl groups is 1. The average molecular weight is 589 g/mol. The number of phenols is 1. The van der Waals surface area contributed by atoms with E-state index in [4.69, 9.17) is 10.5 Å². The lowest BCUT2D eigenvalue weighted by atomic mass is 9.57. The number of carbonyl (C=O) groups excluding carboxylic acids is 4. The maximum Gasteiger partial charge on any atom is 0.255 e. The van der Waals surface area contributed by atoms with Gasteiger partial charge in [0.15, 0.2) is 17.1 Å². The van der Waals surface area contributed by atoms with E-state index in [9.17, 15) is 39.6 Å². The van der Waals surface area contributed by atoms with Gasteiger partial charge in [0.2, 0.25) is 11.7 Å². The van der Waals surface area contributed by atoms with Crippen molar-refractivity contribution >= 4 is 34.8 Å². The quantitative estimate of drug-likeness (QED) is 0.120. The lowest BCUT2D eigenvalue weighted by Gasteiger charge is -2.49. The number of primary amides is 1. The number of nitrogens with one attached hydrogen (secondary N) is 2. The van der Waals surface area contributed by atoms with E-state index in [1.165, 1.54) is 7.11 Å². The molecular formula is C28H33FN4O9. The van der Waals surface area contributed by atoms with Crippen molar-refractivity contribution in [3.63, 3.8) is 0 Å². The molecule has 0 spiro atoms. The number of nitrogens with two attached hydrogens (primary N) is 1. The van der Waals surface area contributed by atoms with E-state index in [1.807, 2.05) is 4.90 Å². The first-order valence-corrected chi connectivity index (χ1v) is 13.7. The SMILES string of the molecule is COCCN[C@@H]1C(=O)C(C(N)=O)=C(O)[C@@]2(O)C(=O)C3=C(O)c4c(O)c(NC(=O)CN5CCCC5)cc(F)c4C[C@H]3C[C@@H]12. The number of ketones is 2. The molecule has 1 aromatic rings. The Kier molecular flexibility index (Phi) is 7.83. The van der Waals surface area contributed by atoms with Crippen LogP contribution in [-0.2, 0) is 30.3 Å². The van der Waals surface area contributed by atoms with Crippen LogP contribution in [0.1, 0.15) is 30.4 Å². The lowest BCUT2D eigenvalue weighted by molar-refractivity contribution is -0.150. The molecule has 1 aromatic carbocycles. The van der Waals surface area contributed by atoms with Crippen LogP contribution in [0.2, 0.25) is 0 Å². The fraction of sp³-hybridized carbons (Fsp3) is 0.500. The second-order valence-corrected chi connectivity index (χ2v) is 11.1. The van der Waals surface area contributed by atoms with Crippen molar-refractivity contribution in [3.8, 4) is 5.75 Å². The Morgan fingerprint density at radius 1 is 1.21 bits per heavy atom. The summed E-state index contributed by atoms with van der Waals surface area (Å²) < 4.78 is 20.4. The molecule has 3 aliphatic carbocycles. The lowest BCUT2D eigenvalue weighted by Crippen LogP contribution is -2.66. The maximum absolute atomic E-state index is 15.4. The minimum Gasteiger partial charge on any atom is -0.508 e. The molecule has 8 N–H and O–H groups in total. The number of nitrogens with zero attached hydrogens (tertiary/aromatic N) is 1. The zero-order chi connectivity index (χ0) is 30.5. The first kappa shape index (κ1) is 29.6. The number of amides is 2. The van der Waals surface area contributed by atoms with Crippen molar-refractivity contribution in [2.45, 2.75) is 37.3 Å². The van der Waals surface area contributed by atoms with Crippen LogP contribution in [0.3, 0.4) is 0 Å². The number of methoxy groups -OCH3 is 1. The van der Waals surface area contributed by atoms with E-state index in [0.717, 1.165) is 32.0 Å². The summed E-state index contributed by atoms with van der Waals surface area (Å²) in [7, 11) is 1.42. The number of benzene rings is 1. The second kappa shape index (κ2) is 11.1. The Bertz CT molecular complexity index is 1430. The Morgan fingerprint density at radius 2 is 1.90 bits per heavy atom. The highest BCUT2D eigenvalue weighted by Crippen LogP contribution is 2.53. The first-order valence-electron chi connectivity index (χ1n) is 13.7. The summed E-state index contributed by atoms with van der Waals surface area (Å²) in [6, 6.07) is -0.411. The number of ether oxygens (including phenoxy) is 1. The first-order chi connectivity index (χ1) is 19.9. The smallest absolute Gasteiger partial charge is 0.255 e. The number of anilines is 1. The molecule has 1 saturated carbocycles. The van der Waals surface area contributed by atoms with E-state index in [-0.39, 0.29) is 43.8 Å². The van der Waals surface area contributed by atoms with Gasteiger partial charge in [-0.2, -0.15) is 0 Å². The number of aliphatic hydroxyl groups is 3. The second-order valence-electron chi connectivity index (χ2n) is 11.1. The minimum atomic E-state index is -2.84. The summed E-state index contributed by atoms with van der Waals surface area (Å²) in [6.45, 7) is 1.69. The van der Waals surface area contributed by atoms with Gasteiger partial charge in [-0.15, -0.1) is 0 Å². The highest BCUT2D eigenvalue weighted by atomic mass is 19.1. The minimum absolute atomic E-state index is 0.0201. The molecule has 1 saturated heterocycles. The van der Waals surface area contributed by atoms with Crippen LogP contribution in [0.15, 0.2) is 23.0 Å². The van der Waals surface area contributed by atoms with E-state index in [0.29, 0.717) is 0 Å². The van der Waals surface area contributed by atoms with Gasteiger partial charge in [0, 0.05) is 36.8 Å². The number of halogens is 1. The third-order valence-corrected chi connectivity index (χ3v) is 8.66. The number of likely N-dealkylation sites (tertiary alicyclic amines) is 1. The van der Waals surface area contributed by atoms with Crippen LogP contribution >= 0.6 is 0 Å². The number of hydrogen-bond acceptors (Lipinski definition) is 11. The van der Waals surface area contributed by atoms with E-state index in [2.05, 4.69) is 10.6 Å². The summed E-state index contributed by atoms with van der Waals surface area (Å²) in [5, 5.41) is 50.2. The van der Waals surface area contributed by atoms with E-state index < -0.39 is 86.7 Å². The fourth-order valence-electron chi connectivity index (χ4n) is 6.68. The third kappa shape index (κ3) is 4.64. The molecule has 0 bridgehead atoms. The zero-order valence-electron chi connectivity index (χ0n) is 22.9. The molecule has 4 atom stereocenters. The molecule has 0 aromatic heterocycles. The summed E-state index contributed by atoms with van der Waals surface area (Å²) in [4.78, 5) is 53.7. The largest absolute Gasteiger partial charge is 0.508 e. The number of Topliss-reactive ketones (excluding diaryl/α,β-unsaturated/α-hetero) is 2. The van der Waals surface area contributed by atoms with Crippen LogP contribution in [0, 0.1) is 17.7 Å². The Morgan fingerprint density at radius 3 is 2.55 bits per heavy atom. The van der Waals surface area contributed by atoms with Crippen LogP contribution in [0.4, 0.5) is 10.1 Å². The van der Waals surface area contributed by atoms with Gasteiger partial charge in [-0.25, -0.2) is 4.39 Å². The van der Waals surface area contributed by atoms with Gasteiger partial charge in [-0.1, -0.05) is 0 Å². The van der Waals surface area contributed by atoms with Crippen molar-refractivity contribution in [2.75, 3.05) is 45.2 Å². The average Bonchev–Trinajstić information content (AvgIpc) is 3.43. The number of fused-ring (bicyclic) bond motifs is 3. The molecule has 5 rings (SSSR count). The highest BCUT2D eigenvalue weighted by Gasteiger charge is 2.63. The zero-order valence-corrected chi connectivity index (χ0v) is 22.9. The van der Waals surface area contributed by atoms with Gasteiger partial charge < -0.3 is 41.5 Å². The molecule has 13 nitrogen and oxygen atoms in total. The third-order valence-electron chi connectivity index (χ3n) is 8.66. The van der Waals surface area contributed by atoms with Crippen molar-refractivity contribution in [1.82, 2.24) is 10.2 Å². The number of rotatable bonds is 8. The van der Waals surface area contributed by atoms with E-state index >= 15 is 4.39 Å². The molecule has 0 unspecified atom stereocenters. The maximum atomic E-state index is 15.4. The Hall–Kier alpha value is -3.85. The van der Waals surface area contributed by atoms with Crippen molar-refractivity contribution in [1.29, 1.82) is 0 Å². The predicted molar refractivity (Wildman–Crippen MR) is 145 cm³/mol. The fourth-order valence-corrected chi connectivity index (χ4v) is 6.68. The molecule has 0 radical (unpaired) electrons. The topological polar surface area (TPSA) is 212 Å². The van der Waals surface area contributed by atoms with Gasteiger partial charge >= 0.3 is 0 Å². The predicted octanol–water partition coefficient (Wildman–Crippen LogP) is -0.188. The molecule has 4 aliphatic rings. The standard InChI is InChI=1S/C28H33FN4O9/c1-42-7-4-31-21-14-9-12-8-13-15(29)10-16(32-17(34)11-33-5-2-3-6-33)22(35)19(13)23(36)18(12)25(38)28(14,41)26(39)20(24(21)37)27(30)40/h10,12,14,21,31,35-36,39,41H,2-9,11H2,1H3,(H2,30,40)(H,32,34)/t12-,14-,21-,28-/m0/s1. The summed E-state index contributed by atoms with van der Waals surface area (Å²) in [5.74, 6) is -9.88. The summed E-state index contributed by atoms with van der Waals surface area (Å²) in [5.41, 5.74) is 0.242. The summed E-state index contributed by atoms with van der Waals surface area (Å²) in [6.07, 6.45) is 1.49. The van der Waals surface area contributed by atoms with Crippen LogP contribution < -0.4 is 16.4 Å². The van der Waals surface area contributed by atoms with Crippen LogP contribution in [0.25, 0.3) is 5.76 Å². The molecule has 2 amide bonds. The molecule has 42 heavy (non-hydrogen) atoms.